The van der Waals surface area contributed by atoms with Crippen molar-refractivity contribution in [3.8, 4) is 5.75 Å². The van der Waals surface area contributed by atoms with Crippen molar-refractivity contribution >= 4 is 12.4 Å². The molecule has 0 radical (unpaired) electrons. The number of hydrogen-bond donors (Lipinski definition) is 2. The fourth-order valence-corrected chi connectivity index (χ4v) is 2.56. The van der Waals surface area contributed by atoms with Crippen molar-refractivity contribution in [1.82, 2.24) is 10.2 Å². The summed E-state index contributed by atoms with van der Waals surface area (Å²) in [6, 6.07) is 5.01. The minimum atomic E-state index is -0.524. The average Bonchev–Trinajstić information content (AvgIpc) is 2.40. The van der Waals surface area contributed by atoms with Gasteiger partial charge in [-0.1, -0.05) is 19.4 Å². The van der Waals surface area contributed by atoms with Crippen molar-refractivity contribution in [1.29, 1.82) is 0 Å². The standard InChI is InChI=1S/C14H21FN2O.ClH/c1-2-3-13(17-8-6-16-7-9-17)11-4-5-14(18)12(15)10-11;/h4-5,10,13,16,18H,2-3,6-9H2,1H3;1H/t13-;/m0./s1. The predicted molar refractivity (Wildman–Crippen MR) is 77.4 cm³/mol. The van der Waals surface area contributed by atoms with E-state index in [2.05, 4.69) is 17.1 Å². The van der Waals surface area contributed by atoms with Gasteiger partial charge in [0.2, 0.25) is 0 Å². The topological polar surface area (TPSA) is 35.5 Å². The van der Waals surface area contributed by atoms with Gasteiger partial charge in [-0.25, -0.2) is 4.39 Å². The molecular weight excluding hydrogens is 267 g/mol. The second-order valence-electron chi connectivity index (χ2n) is 4.80. The predicted octanol–water partition coefficient (Wildman–Crippen LogP) is 2.70. The molecule has 108 valence electrons. The molecule has 1 aromatic carbocycles. The van der Waals surface area contributed by atoms with Crippen LogP contribution in [-0.4, -0.2) is 36.2 Å². The Labute approximate surface area is 120 Å². The zero-order valence-corrected chi connectivity index (χ0v) is 12.0. The van der Waals surface area contributed by atoms with E-state index in [1.165, 1.54) is 12.1 Å². The Balaban J connectivity index is 0.00000180. The van der Waals surface area contributed by atoms with Crippen LogP contribution in [0.4, 0.5) is 4.39 Å². The minimum Gasteiger partial charge on any atom is -0.505 e. The molecule has 3 nitrogen and oxygen atoms in total. The van der Waals surface area contributed by atoms with Crippen LogP contribution in [0.1, 0.15) is 31.4 Å². The highest BCUT2D eigenvalue weighted by Crippen LogP contribution is 2.28. The smallest absolute Gasteiger partial charge is 0.165 e. The first kappa shape index (κ1) is 16.2. The summed E-state index contributed by atoms with van der Waals surface area (Å²) in [5, 5.41) is 12.6. The molecule has 0 saturated carbocycles. The molecule has 2 rings (SSSR count). The monoisotopic (exact) mass is 288 g/mol. The number of aromatic hydroxyl groups is 1. The SMILES string of the molecule is CCC[C@@H](c1ccc(O)c(F)c1)N1CCNCC1.Cl. The molecule has 1 atom stereocenters. The quantitative estimate of drug-likeness (QED) is 0.894. The molecule has 1 aromatic rings. The number of piperazine rings is 1. The van der Waals surface area contributed by atoms with Crippen LogP contribution >= 0.6 is 12.4 Å². The zero-order valence-electron chi connectivity index (χ0n) is 11.2. The molecule has 0 spiro atoms. The van der Waals surface area contributed by atoms with Gasteiger partial charge < -0.3 is 10.4 Å². The van der Waals surface area contributed by atoms with E-state index in [0.29, 0.717) is 0 Å². The Morgan fingerprint density at radius 3 is 2.63 bits per heavy atom. The molecule has 5 heteroatoms. The van der Waals surface area contributed by atoms with Crippen LogP contribution in [0.25, 0.3) is 0 Å². The maximum Gasteiger partial charge on any atom is 0.165 e. The molecule has 1 fully saturated rings. The third-order valence-corrected chi connectivity index (χ3v) is 3.51. The van der Waals surface area contributed by atoms with E-state index in [0.717, 1.165) is 44.6 Å². The normalized spacial score (nSPS) is 17.8. The molecule has 0 amide bonds. The Morgan fingerprint density at radius 2 is 2.05 bits per heavy atom. The number of nitrogens with zero attached hydrogens (tertiary/aromatic N) is 1. The third kappa shape index (κ3) is 4.06. The summed E-state index contributed by atoms with van der Waals surface area (Å²) in [5.41, 5.74) is 0.967. The summed E-state index contributed by atoms with van der Waals surface area (Å²) >= 11 is 0. The highest BCUT2D eigenvalue weighted by Gasteiger charge is 2.22. The fraction of sp³-hybridized carbons (Fsp3) is 0.571. The molecule has 0 unspecified atom stereocenters. The lowest BCUT2D eigenvalue weighted by atomic mass is 9.99. The van der Waals surface area contributed by atoms with E-state index in [4.69, 9.17) is 0 Å². The zero-order chi connectivity index (χ0) is 13.0. The Kier molecular flexibility index (Phi) is 6.55. The third-order valence-electron chi connectivity index (χ3n) is 3.51. The van der Waals surface area contributed by atoms with Gasteiger partial charge in [0.1, 0.15) is 0 Å². The second-order valence-corrected chi connectivity index (χ2v) is 4.80. The highest BCUT2D eigenvalue weighted by molar-refractivity contribution is 5.85. The average molecular weight is 289 g/mol. The van der Waals surface area contributed by atoms with Crippen molar-refractivity contribution in [2.75, 3.05) is 26.2 Å². The van der Waals surface area contributed by atoms with Crippen LogP contribution in [0.2, 0.25) is 0 Å². The number of halogens is 2. The lowest BCUT2D eigenvalue weighted by molar-refractivity contribution is 0.164. The Hall–Kier alpha value is -0.840. The minimum absolute atomic E-state index is 0. The van der Waals surface area contributed by atoms with E-state index in [1.54, 1.807) is 0 Å². The number of benzene rings is 1. The van der Waals surface area contributed by atoms with Gasteiger partial charge in [-0.15, -0.1) is 12.4 Å². The largest absolute Gasteiger partial charge is 0.505 e. The number of nitrogens with one attached hydrogen (secondary N) is 1. The summed E-state index contributed by atoms with van der Waals surface area (Å²) in [6.45, 7) is 6.11. The Bertz CT molecular complexity index is 397. The van der Waals surface area contributed by atoms with Crippen LogP contribution in [0.3, 0.4) is 0 Å². The van der Waals surface area contributed by atoms with Gasteiger partial charge in [0.25, 0.3) is 0 Å². The van der Waals surface area contributed by atoms with Gasteiger partial charge >= 0.3 is 0 Å². The van der Waals surface area contributed by atoms with Gasteiger partial charge in [0.15, 0.2) is 11.6 Å². The Morgan fingerprint density at radius 1 is 1.37 bits per heavy atom. The first-order chi connectivity index (χ1) is 8.72. The molecule has 0 aromatic heterocycles. The summed E-state index contributed by atoms with van der Waals surface area (Å²) in [6.07, 6.45) is 2.08. The maximum atomic E-state index is 13.5. The lowest BCUT2D eigenvalue weighted by Gasteiger charge is -2.35. The fourth-order valence-electron chi connectivity index (χ4n) is 2.56. The van der Waals surface area contributed by atoms with Crippen molar-refractivity contribution in [3.05, 3.63) is 29.6 Å². The molecular formula is C14H22ClFN2O. The second kappa shape index (κ2) is 7.68. The van der Waals surface area contributed by atoms with E-state index >= 15 is 0 Å². The molecule has 1 aliphatic rings. The summed E-state index contributed by atoms with van der Waals surface area (Å²) in [7, 11) is 0. The summed E-state index contributed by atoms with van der Waals surface area (Å²) in [4.78, 5) is 2.39. The molecule has 19 heavy (non-hydrogen) atoms. The van der Waals surface area contributed by atoms with Crippen LogP contribution in [-0.2, 0) is 0 Å². The van der Waals surface area contributed by atoms with Crippen LogP contribution in [0.5, 0.6) is 5.75 Å². The summed E-state index contributed by atoms with van der Waals surface area (Å²) in [5.74, 6) is -0.793. The number of phenolic OH excluding ortho intramolecular Hbond substituents is 1. The van der Waals surface area contributed by atoms with Crippen LogP contribution in [0, 0.1) is 5.82 Å². The van der Waals surface area contributed by atoms with Crippen LogP contribution < -0.4 is 5.32 Å². The molecule has 0 bridgehead atoms. The van der Waals surface area contributed by atoms with Gasteiger partial charge in [0, 0.05) is 32.2 Å². The lowest BCUT2D eigenvalue weighted by Crippen LogP contribution is -2.45. The van der Waals surface area contributed by atoms with E-state index in [-0.39, 0.29) is 24.2 Å². The number of phenols is 1. The molecule has 0 aliphatic carbocycles. The molecule has 1 saturated heterocycles. The molecule has 1 heterocycles. The van der Waals surface area contributed by atoms with E-state index < -0.39 is 5.82 Å². The van der Waals surface area contributed by atoms with Gasteiger partial charge in [0.05, 0.1) is 0 Å². The highest BCUT2D eigenvalue weighted by atomic mass is 35.5. The van der Waals surface area contributed by atoms with Gasteiger partial charge in [-0.05, 0) is 24.1 Å². The van der Waals surface area contributed by atoms with Crippen molar-refractivity contribution < 1.29 is 9.50 Å². The number of hydrogen-bond acceptors (Lipinski definition) is 3. The van der Waals surface area contributed by atoms with E-state index in [9.17, 15) is 9.50 Å². The number of rotatable bonds is 4. The first-order valence-electron chi connectivity index (χ1n) is 6.65. The van der Waals surface area contributed by atoms with Gasteiger partial charge in [-0.3, -0.25) is 4.90 Å². The van der Waals surface area contributed by atoms with Crippen molar-refractivity contribution in [3.63, 3.8) is 0 Å². The molecule has 2 N–H and O–H groups in total. The van der Waals surface area contributed by atoms with Crippen LogP contribution in [0.15, 0.2) is 18.2 Å². The maximum absolute atomic E-state index is 13.5. The van der Waals surface area contributed by atoms with Gasteiger partial charge in [-0.2, -0.15) is 0 Å². The molecule has 1 aliphatic heterocycles. The first-order valence-corrected chi connectivity index (χ1v) is 6.65. The van der Waals surface area contributed by atoms with E-state index in [1.807, 2.05) is 6.07 Å². The van der Waals surface area contributed by atoms with Crippen molar-refractivity contribution in [2.24, 2.45) is 0 Å². The summed E-state index contributed by atoms with van der Waals surface area (Å²) < 4.78 is 13.5. The van der Waals surface area contributed by atoms with Crippen molar-refractivity contribution in [2.45, 2.75) is 25.8 Å².